The van der Waals surface area contributed by atoms with E-state index in [1.165, 1.54) is 12.1 Å². The van der Waals surface area contributed by atoms with Gasteiger partial charge >= 0.3 is 6.18 Å². The fraction of sp³-hybridized carbons (Fsp3) is 0.167. The van der Waals surface area contributed by atoms with Gasteiger partial charge in [0, 0.05) is 25.7 Å². The lowest BCUT2D eigenvalue weighted by atomic mass is 9.99. The first-order valence-electron chi connectivity index (χ1n) is 7.08. The van der Waals surface area contributed by atoms with Crippen LogP contribution in [0.4, 0.5) is 13.2 Å². The monoisotopic (exact) mass is 318 g/mol. The Kier molecular flexibility index (Phi) is 5.57. The topological polar surface area (TPSA) is 15.6 Å². The number of hydrogen-bond acceptors (Lipinski definition) is 2. The summed E-state index contributed by atoms with van der Waals surface area (Å²) in [5.74, 6) is 0. The van der Waals surface area contributed by atoms with Crippen molar-refractivity contribution in [1.82, 2.24) is 4.90 Å². The summed E-state index contributed by atoms with van der Waals surface area (Å²) in [5, 5.41) is 0. The molecule has 0 bridgehead atoms. The number of halogens is 3. The Bertz CT molecular complexity index is 676. The van der Waals surface area contributed by atoms with Crippen LogP contribution in [0.5, 0.6) is 0 Å². The van der Waals surface area contributed by atoms with Crippen molar-refractivity contribution < 1.29 is 13.2 Å². The lowest BCUT2D eigenvalue weighted by Gasteiger charge is -2.12. The predicted octanol–water partition coefficient (Wildman–Crippen LogP) is 4.85. The maximum absolute atomic E-state index is 12.7. The number of alkyl halides is 3. The van der Waals surface area contributed by atoms with E-state index in [4.69, 9.17) is 0 Å². The molecule has 0 unspecified atom stereocenters. The van der Waals surface area contributed by atoms with Crippen molar-refractivity contribution in [3.05, 3.63) is 72.6 Å². The van der Waals surface area contributed by atoms with E-state index in [1.54, 1.807) is 42.6 Å². The van der Waals surface area contributed by atoms with Gasteiger partial charge in [0.15, 0.2) is 0 Å². The highest BCUT2D eigenvalue weighted by atomic mass is 19.4. The summed E-state index contributed by atoms with van der Waals surface area (Å²) in [6, 6.07) is 14.2. The molecule has 0 N–H and O–H groups in total. The molecule has 0 spiro atoms. The van der Waals surface area contributed by atoms with Gasteiger partial charge < -0.3 is 4.90 Å². The second kappa shape index (κ2) is 7.63. The summed E-state index contributed by atoms with van der Waals surface area (Å²) in [4.78, 5) is 5.94. The molecule has 0 saturated carbocycles. The molecular weight excluding hydrogens is 301 g/mol. The van der Waals surface area contributed by atoms with Crippen LogP contribution in [0, 0.1) is 0 Å². The van der Waals surface area contributed by atoms with Crippen LogP contribution in [0.3, 0.4) is 0 Å². The first-order valence-corrected chi connectivity index (χ1v) is 7.08. The lowest BCUT2D eigenvalue weighted by Crippen LogP contribution is -2.14. The van der Waals surface area contributed by atoms with Gasteiger partial charge in [0.2, 0.25) is 0 Å². The molecule has 0 saturated heterocycles. The SMILES string of the molecule is CN1C=CN=CC1.FC(F)(F)c1ccccc1-c1ccccc1. The van der Waals surface area contributed by atoms with Crippen molar-refractivity contribution in [2.45, 2.75) is 6.18 Å². The molecule has 5 heteroatoms. The first-order chi connectivity index (χ1) is 11.0. The van der Waals surface area contributed by atoms with E-state index >= 15 is 0 Å². The van der Waals surface area contributed by atoms with Crippen molar-refractivity contribution in [2.24, 2.45) is 4.99 Å². The largest absolute Gasteiger partial charge is 0.417 e. The average molecular weight is 318 g/mol. The molecule has 0 aliphatic carbocycles. The molecular formula is C18H17F3N2. The molecule has 2 aromatic rings. The molecule has 1 aliphatic heterocycles. The van der Waals surface area contributed by atoms with E-state index in [1.807, 2.05) is 19.5 Å². The number of benzene rings is 2. The van der Waals surface area contributed by atoms with Gasteiger partial charge in [0.1, 0.15) is 0 Å². The van der Waals surface area contributed by atoms with Crippen LogP contribution in [0.25, 0.3) is 11.1 Å². The lowest BCUT2D eigenvalue weighted by molar-refractivity contribution is -0.137. The minimum Gasteiger partial charge on any atom is -0.374 e. The summed E-state index contributed by atoms with van der Waals surface area (Å²) < 4.78 is 38.2. The molecule has 0 fully saturated rings. The summed E-state index contributed by atoms with van der Waals surface area (Å²) in [7, 11) is 2.02. The Labute approximate surface area is 133 Å². The first kappa shape index (κ1) is 16.8. The Morgan fingerprint density at radius 2 is 1.61 bits per heavy atom. The smallest absolute Gasteiger partial charge is 0.374 e. The third kappa shape index (κ3) is 4.98. The third-order valence-electron chi connectivity index (χ3n) is 3.20. The van der Waals surface area contributed by atoms with Gasteiger partial charge in [0.25, 0.3) is 0 Å². The van der Waals surface area contributed by atoms with Gasteiger partial charge in [-0.3, -0.25) is 4.99 Å². The Balaban J connectivity index is 0.000000229. The molecule has 0 amide bonds. The van der Waals surface area contributed by atoms with Crippen molar-refractivity contribution in [1.29, 1.82) is 0 Å². The normalized spacial score (nSPS) is 13.5. The van der Waals surface area contributed by atoms with Crippen molar-refractivity contribution >= 4 is 6.21 Å². The van der Waals surface area contributed by atoms with Crippen LogP contribution in [0.1, 0.15) is 5.56 Å². The van der Waals surface area contributed by atoms with Crippen LogP contribution in [0.15, 0.2) is 72.0 Å². The number of nitrogens with zero attached hydrogens (tertiary/aromatic N) is 2. The number of aliphatic imine (C=N–C) groups is 1. The number of hydrogen-bond donors (Lipinski definition) is 0. The Hall–Kier alpha value is -2.56. The van der Waals surface area contributed by atoms with Gasteiger partial charge in [-0.2, -0.15) is 13.2 Å². The van der Waals surface area contributed by atoms with Crippen LogP contribution in [0.2, 0.25) is 0 Å². The van der Waals surface area contributed by atoms with Gasteiger partial charge in [-0.1, -0.05) is 48.5 Å². The van der Waals surface area contributed by atoms with Crippen LogP contribution < -0.4 is 0 Å². The maximum Gasteiger partial charge on any atom is 0.417 e. The number of rotatable bonds is 1. The highest BCUT2D eigenvalue weighted by molar-refractivity contribution is 5.67. The third-order valence-corrected chi connectivity index (χ3v) is 3.20. The predicted molar refractivity (Wildman–Crippen MR) is 87.1 cm³/mol. The van der Waals surface area contributed by atoms with Crippen LogP contribution in [-0.2, 0) is 6.18 Å². The zero-order valence-corrected chi connectivity index (χ0v) is 12.7. The highest BCUT2D eigenvalue weighted by Gasteiger charge is 2.33. The molecule has 2 nitrogen and oxygen atoms in total. The van der Waals surface area contributed by atoms with E-state index in [0.717, 1.165) is 12.6 Å². The average Bonchev–Trinajstić information content (AvgIpc) is 2.56. The zero-order valence-electron chi connectivity index (χ0n) is 12.7. The zero-order chi connectivity index (χ0) is 16.7. The van der Waals surface area contributed by atoms with Crippen LogP contribution in [-0.4, -0.2) is 24.7 Å². The van der Waals surface area contributed by atoms with E-state index in [9.17, 15) is 13.2 Å². The molecule has 0 atom stereocenters. The van der Waals surface area contributed by atoms with Crippen molar-refractivity contribution in [2.75, 3.05) is 13.6 Å². The van der Waals surface area contributed by atoms with E-state index in [0.29, 0.717) is 5.56 Å². The summed E-state index contributed by atoms with van der Waals surface area (Å²) >= 11 is 0. The van der Waals surface area contributed by atoms with Crippen molar-refractivity contribution in [3.8, 4) is 11.1 Å². The van der Waals surface area contributed by atoms with E-state index in [-0.39, 0.29) is 5.56 Å². The Morgan fingerprint density at radius 3 is 2.13 bits per heavy atom. The highest BCUT2D eigenvalue weighted by Crippen LogP contribution is 2.36. The molecule has 1 heterocycles. The summed E-state index contributed by atoms with van der Waals surface area (Å²) in [5.41, 5.74) is 0.201. The molecule has 120 valence electrons. The molecule has 0 radical (unpaired) electrons. The quantitative estimate of drug-likeness (QED) is 0.734. The van der Waals surface area contributed by atoms with Crippen molar-refractivity contribution in [3.63, 3.8) is 0 Å². The Morgan fingerprint density at radius 1 is 0.957 bits per heavy atom. The standard InChI is InChI=1S/C13H9F3.C5H8N2/c14-13(15,16)12-9-5-4-8-11(12)10-6-2-1-3-7-10;1-7-4-2-6-3-5-7/h1-9H;2-4H,5H2,1H3. The minimum absolute atomic E-state index is 0.218. The molecule has 23 heavy (non-hydrogen) atoms. The van der Waals surface area contributed by atoms with Gasteiger partial charge in [-0.15, -0.1) is 0 Å². The van der Waals surface area contributed by atoms with Gasteiger partial charge in [-0.25, -0.2) is 0 Å². The molecule has 3 rings (SSSR count). The minimum atomic E-state index is -4.31. The molecule has 2 aromatic carbocycles. The van der Waals surface area contributed by atoms with Crippen LogP contribution >= 0.6 is 0 Å². The summed E-state index contributed by atoms with van der Waals surface area (Å²) in [6.45, 7) is 0.941. The molecule has 0 aromatic heterocycles. The second-order valence-electron chi connectivity index (χ2n) is 4.98. The van der Waals surface area contributed by atoms with E-state index in [2.05, 4.69) is 9.89 Å². The fourth-order valence-corrected chi connectivity index (χ4v) is 2.05. The summed E-state index contributed by atoms with van der Waals surface area (Å²) in [6.07, 6.45) is 1.29. The second-order valence-corrected chi connectivity index (χ2v) is 4.98. The van der Waals surface area contributed by atoms with Gasteiger partial charge in [-0.05, 0) is 17.2 Å². The maximum atomic E-state index is 12.7. The van der Waals surface area contributed by atoms with E-state index < -0.39 is 11.7 Å². The fourth-order valence-electron chi connectivity index (χ4n) is 2.05. The molecule has 1 aliphatic rings. The van der Waals surface area contributed by atoms with Gasteiger partial charge in [0.05, 0.1) is 12.1 Å².